The number of amides is 2. The van der Waals surface area contributed by atoms with E-state index in [-0.39, 0.29) is 17.5 Å². The first-order valence-corrected chi connectivity index (χ1v) is 8.14. The van der Waals surface area contributed by atoms with Gasteiger partial charge in [0.25, 0.3) is 11.8 Å². The number of rotatable bonds is 6. The Morgan fingerprint density at radius 1 is 1.12 bits per heavy atom. The van der Waals surface area contributed by atoms with E-state index < -0.39 is 0 Å². The number of aryl methyl sites for hydroxylation is 1. The number of hydrogen-bond acceptors (Lipinski definition) is 3. The van der Waals surface area contributed by atoms with E-state index in [1.54, 1.807) is 6.07 Å². The van der Waals surface area contributed by atoms with Crippen molar-refractivity contribution in [3.05, 3.63) is 58.9 Å². The molecule has 2 N–H and O–H groups in total. The van der Waals surface area contributed by atoms with Gasteiger partial charge in [-0.2, -0.15) is 0 Å². The van der Waals surface area contributed by atoms with Crippen molar-refractivity contribution in [3.63, 3.8) is 0 Å². The number of anilines is 1. The molecule has 1 aromatic heterocycles. The predicted octanol–water partition coefficient (Wildman–Crippen LogP) is 3.48. The van der Waals surface area contributed by atoms with Crippen LogP contribution in [0.4, 0.5) is 5.69 Å². The molecule has 1 heterocycles. The van der Waals surface area contributed by atoms with Gasteiger partial charge in [0, 0.05) is 24.0 Å². The Hall–Kier alpha value is -2.69. The average molecular weight is 325 g/mol. The molecule has 0 unspecified atom stereocenters. The lowest BCUT2D eigenvalue weighted by Crippen LogP contribution is -2.25. The van der Waals surface area contributed by atoms with Crippen LogP contribution in [0.5, 0.6) is 0 Å². The topological polar surface area (TPSA) is 71.1 Å². The molecule has 0 bridgehead atoms. The van der Waals surface area contributed by atoms with Crippen molar-refractivity contribution >= 4 is 17.5 Å². The maximum absolute atomic E-state index is 12.4. The maximum atomic E-state index is 12.4. The lowest BCUT2D eigenvalue weighted by Gasteiger charge is -2.10. The predicted molar refractivity (Wildman–Crippen MR) is 95.3 cm³/mol. The molecule has 0 saturated carbocycles. The first-order chi connectivity index (χ1) is 11.5. The summed E-state index contributed by atoms with van der Waals surface area (Å²) in [6.07, 6.45) is 3.42. The second-order valence-electron chi connectivity index (χ2n) is 5.74. The minimum atomic E-state index is -0.327. The first kappa shape index (κ1) is 17.7. The molecular weight excluding hydrogens is 302 g/mol. The molecule has 126 valence electrons. The van der Waals surface area contributed by atoms with Crippen LogP contribution in [0.1, 0.15) is 51.7 Å². The molecule has 5 heteroatoms. The van der Waals surface area contributed by atoms with Gasteiger partial charge in [0.1, 0.15) is 5.69 Å². The number of pyridine rings is 1. The van der Waals surface area contributed by atoms with Gasteiger partial charge >= 0.3 is 0 Å². The van der Waals surface area contributed by atoms with Crippen LogP contribution in [0, 0.1) is 13.8 Å². The maximum Gasteiger partial charge on any atom is 0.274 e. The van der Waals surface area contributed by atoms with E-state index in [2.05, 4.69) is 22.5 Å². The van der Waals surface area contributed by atoms with Crippen LogP contribution >= 0.6 is 0 Å². The van der Waals surface area contributed by atoms with E-state index >= 15 is 0 Å². The van der Waals surface area contributed by atoms with Gasteiger partial charge in [-0.1, -0.05) is 25.5 Å². The number of nitrogens with one attached hydrogen (secondary N) is 2. The normalized spacial score (nSPS) is 10.3. The van der Waals surface area contributed by atoms with Crippen molar-refractivity contribution in [2.75, 3.05) is 11.9 Å². The Morgan fingerprint density at radius 3 is 2.67 bits per heavy atom. The largest absolute Gasteiger partial charge is 0.352 e. The molecule has 2 amide bonds. The highest BCUT2D eigenvalue weighted by Gasteiger charge is 2.13. The Labute approximate surface area is 142 Å². The number of carbonyl (C=O) groups excluding carboxylic acids is 2. The molecule has 0 aliphatic rings. The standard InChI is InChI=1S/C19H23N3O2/c1-4-5-10-21-18(23)15-9-11-20-17(12-15)19(24)22-16-8-6-7-13(2)14(16)3/h6-9,11-12H,4-5,10H2,1-3H3,(H,21,23)(H,22,24). The van der Waals surface area contributed by atoms with E-state index in [9.17, 15) is 9.59 Å². The van der Waals surface area contributed by atoms with Gasteiger partial charge in [-0.15, -0.1) is 0 Å². The number of hydrogen-bond donors (Lipinski definition) is 2. The van der Waals surface area contributed by atoms with Crippen LogP contribution in [0.15, 0.2) is 36.5 Å². The van der Waals surface area contributed by atoms with E-state index in [0.717, 1.165) is 29.7 Å². The van der Waals surface area contributed by atoms with Gasteiger partial charge in [0.15, 0.2) is 0 Å². The van der Waals surface area contributed by atoms with Crippen molar-refractivity contribution < 1.29 is 9.59 Å². The minimum absolute atomic E-state index is 0.188. The van der Waals surface area contributed by atoms with E-state index in [1.807, 2.05) is 32.0 Å². The number of aromatic nitrogens is 1. The third-order valence-corrected chi connectivity index (χ3v) is 3.92. The summed E-state index contributed by atoms with van der Waals surface area (Å²) < 4.78 is 0. The van der Waals surface area contributed by atoms with E-state index in [0.29, 0.717) is 12.1 Å². The zero-order valence-corrected chi connectivity index (χ0v) is 14.3. The third-order valence-electron chi connectivity index (χ3n) is 3.92. The summed E-state index contributed by atoms with van der Waals surface area (Å²) >= 11 is 0. The lowest BCUT2D eigenvalue weighted by atomic mass is 10.1. The summed E-state index contributed by atoms with van der Waals surface area (Å²) in [6, 6.07) is 8.85. The molecule has 0 spiro atoms. The molecule has 0 radical (unpaired) electrons. The molecule has 5 nitrogen and oxygen atoms in total. The Balaban J connectivity index is 2.11. The Kier molecular flexibility index (Phi) is 6.07. The highest BCUT2D eigenvalue weighted by Crippen LogP contribution is 2.18. The van der Waals surface area contributed by atoms with Gasteiger partial charge in [-0.25, -0.2) is 0 Å². The summed E-state index contributed by atoms with van der Waals surface area (Å²) in [4.78, 5) is 28.6. The van der Waals surface area contributed by atoms with Gasteiger partial charge in [-0.05, 0) is 49.6 Å². The molecule has 2 rings (SSSR count). The highest BCUT2D eigenvalue weighted by molar-refractivity contribution is 6.05. The van der Waals surface area contributed by atoms with Crippen molar-refractivity contribution in [1.29, 1.82) is 0 Å². The summed E-state index contributed by atoms with van der Waals surface area (Å²) in [7, 11) is 0. The summed E-state index contributed by atoms with van der Waals surface area (Å²) in [5.41, 5.74) is 3.52. The van der Waals surface area contributed by atoms with E-state index in [4.69, 9.17) is 0 Å². The van der Waals surface area contributed by atoms with Crippen LogP contribution < -0.4 is 10.6 Å². The SMILES string of the molecule is CCCCNC(=O)c1ccnc(C(=O)Nc2cccc(C)c2C)c1. The molecule has 1 aromatic carbocycles. The molecule has 0 fully saturated rings. The third kappa shape index (κ3) is 4.41. The monoisotopic (exact) mass is 325 g/mol. The van der Waals surface area contributed by atoms with Crippen LogP contribution in [0.25, 0.3) is 0 Å². The van der Waals surface area contributed by atoms with Crippen molar-refractivity contribution in [1.82, 2.24) is 10.3 Å². The molecule has 0 saturated heterocycles. The summed E-state index contributed by atoms with van der Waals surface area (Å²) in [6.45, 7) is 6.64. The number of nitrogens with zero attached hydrogens (tertiary/aromatic N) is 1. The first-order valence-electron chi connectivity index (χ1n) is 8.14. The number of unbranched alkanes of at least 4 members (excludes halogenated alkanes) is 1. The molecular formula is C19H23N3O2. The Morgan fingerprint density at radius 2 is 1.92 bits per heavy atom. The molecule has 0 aliphatic heterocycles. The highest BCUT2D eigenvalue weighted by atomic mass is 16.2. The summed E-state index contributed by atoms with van der Waals surface area (Å²) in [5.74, 6) is -0.515. The van der Waals surface area contributed by atoms with Crippen LogP contribution in [0.2, 0.25) is 0 Å². The smallest absolute Gasteiger partial charge is 0.274 e. The van der Waals surface area contributed by atoms with Crippen LogP contribution in [-0.4, -0.2) is 23.3 Å². The second kappa shape index (κ2) is 8.24. The van der Waals surface area contributed by atoms with Crippen molar-refractivity contribution in [2.45, 2.75) is 33.6 Å². The number of benzene rings is 1. The van der Waals surface area contributed by atoms with Crippen molar-refractivity contribution in [3.8, 4) is 0 Å². The fourth-order valence-corrected chi connectivity index (χ4v) is 2.25. The quantitative estimate of drug-likeness (QED) is 0.799. The molecule has 2 aromatic rings. The lowest BCUT2D eigenvalue weighted by molar-refractivity contribution is 0.0953. The summed E-state index contributed by atoms with van der Waals surface area (Å²) in [5, 5.41) is 5.69. The fraction of sp³-hybridized carbons (Fsp3) is 0.316. The average Bonchev–Trinajstić information content (AvgIpc) is 2.59. The molecule has 0 aliphatic carbocycles. The minimum Gasteiger partial charge on any atom is -0.352 e. The Bertz CT molecular complexity index is 741. The molecule has 0 atom stereocenters. The van der Waals surface area contributed by atoms with Crippen LogP contribution in [-0.2, 0) is 0 Å². The van der Waals surface area contributed by atoms with Gasteiger partial charge in [0.05, 0.1) is 0 Å². The fourth-order valence-electron chi connectivity index (χ4n) is 2.25. The van der Waals surface area contributed by atoms with Crippen LogP contribution in [0.3, 0.4) is 0 Å². The van der Waals surface area contributed by atoms with Gasteiger partial charge < -0.3 is 10.6 Å². The van der Waals surface area contributed by atoms with Crippen molar-refractivity contribution in [2.24, 2.45) is 0 Å². The van der Waals surface area contributed by atoms with E-state index in [1.165, 1.54) is 12.3 Å². The molecule has 24 heavy (non-hydrogen) atoms. The van der Waals surface area contributed by atoms with Gasteiger partial charge in [0.2, 0.25) is 0 Å². The van der Waals surface area contributed by atoms with Gasteiger partial charge in [-0.3, -0.25) is 14.6 Å². The zero-order valence-electron chi connectivity index (χ0n) is 14.3. The zero-order chi connectivity index (χ0) is 17.5. The number of carbonyl (C=O) groups is 2. The second-order valence-corrected chi connectivity index (χ2v) is 5.74.